The fourth-order valence-corrected chi connectivity index (χ4v) is 8.13. The van der Waals surface area contributed by atoms with Crippen LogP contribution in [0.1, 0.15) is 20.8 Å². The molecular formula is C21H28N3OPS. The average Bonchev–Trinajstić information content (AvgIpc) is 2.67. The standard InChI is InChI=1S/C21H28N3OPS/c1-21(2,3)26(19-12-8-5-9-13-19,24-14-16-25-17-15-24)23-20(27)22-18-10-6-4-7-11-18/h4-13H,14-17H2,1-3H3,(H,22,27). The number of morpholine rings is 1. The first kappa shape index (κ1) is 20.2. The van der Waals surface area contributed by atoms with Crippen molar-refractivity contribution < 1.29 is 4.74 Å². The Kier molecular flexibility index (Phi) is 6.48. The fourth-order valence-electron chi connectivity index (χ4n) is 3.53. The number of hydrogen-bond donors (Lipinski definition) is 1. The van der Waals surface area contributed by atoms with E-state index in [-0.39, 0.29) is 5.16 Å². The maximum absolute atomic E-state index is 5.71. The molecule has 1 aliphatic heterocycles. The first-order chi connectivity index (χ1) is 12.9. The van der Waals surface area contributed by atoms with Crippen molar-refractivity contribution in [2.24, 2.45) is 4.74 Å². The lowest BCUT2D eigenvalue weighted by molar-refractivity contribution is 0.0738. The lowest BCUT2D eigenvalue weighted by Crippen LogP contribution is -2.43. The highest BCUT2D eigenvalue weighted by Crippen LogP contribution is 2.62. The predicted molar refractivity (Wildman–Crippen MR) is 120 cm³/mol. The highest BCUT2D eigenvalue weighted by Gasteiger charge is 2.41. The summed E-state index contributed by atoms with van der Waals surface area (Å²) in [6, 6.07) is 20.7. The summed E-state index contributed by atoms with van der Waals surface area (Å²) < 4.78 is 13.4. The van der Waals surface area contributed by atoms with E-state index >= 15 is 0 Å². The molecule has 144 valence electrons. The third kappa shape index (κ3) is 4.49. The Labute approximate surface area is 168 Å². The highest BCUT2D eigenvalue weighted by molar-refractivity contribution is 7.82. The van der Waals surface area contributed by atoms with Gasteiger partial charge in [0.15, 0.2) is 5.11 Å². The summed E-state index contributed by atoms with van der Waals surface area (Å²) in [4.78, 5) is 0. The van der Waals surface area contributed by atoms with Crippen LogP contribution in [-0.4, -0.2) is 41.2 Å². The van der Waals surface area contributed by atoms with E-state index in [9.17, 15) is 0 Å². The summed E-state index contributed by atoms with van der Waals surface area (Å²) in [7, 11) is -2.13. The molecule has 0 bridgehead atoms. The average molecular weight is 402 g/mol. The van der Waals surface area contributed by atoms with Gasteiger partial charge in [-0.15, -0.1) is 0 Å². The molecule has 0 aromatic heterocycles. The number of thiocarbonyl (C=S) groups is 1. The van der Waals surface area contributed by atoms with Gasteiger partial charge in [-0.2, -0.15) is 0 Å². The Morgan fingerprint density at radius 2 is 1.56 bits per heavy atom. The third-order valence-electron chi connectivity index (χ3n) is 4.71. The second-order valence-corrected chi connectivity index (χ2v) is 11.8. The molecule has 1 atom stereocenters. The van der Waals surface area contributed by atoms with E-state index in [0.717, 1.165) is 32.0 Å². The van der Waals surface area contributed by atoms with Gasteiger partial charge in [0.2, 0.25) is 0 Å². The topological polar surface area (TPSA) is 36.9 Å². The number of anilines is 1. The van der Waals surface area contributed by atoms with Crippen LogP contribution in [-0.2, 0) is 4.74 Å². The molecule has 0 radical (unpaired) electrons. The van der Waals surface area contributed by atoms with E-state index in [0.29, 0.717) is 5.11 Å². The van der Waals surface area contributed by atoms with Crippen molar-refractivity contribution >= 4 is 35.5 Å². The second-order valence-electron chi connectivity index (χ2n) is 7.57. The molecule has 4 nitrogen and oxygen atoms in total. The third-order valence-corrected chi connectivity index (χ3v) is 9.63. The van der Waals surface area contributed by atoms with E-state index in [1.165, 1.54) is 5.30 Å². The smallest absolute Gasteiger partial charge is 0.197 e. The number of benzene rings is 2. The minimum atomic E-state index is -2.13. The summed E-state index contributed by atoms with van der Waals surface area (Å²) in [5.41, 5.74) is 0.966. The molecule has 2 aromatic carbocycles. The van der Waals surface area contributed by atoms with Crippen LogP contribution in [0.3, 0.4) is 0 Å². The Bertz CT molecular complexity index is 812. The molecule has 6 heteroatoms. The van der Waals surface area contributed by atoms with E-state index < -0.39 is 7.21 Å². The zero-order chi connectivity index (χ0) is 19.3. The lowest BCUT2D eigenvalue weighted by atomic mass is 10.3. The van der Waals surface area contributed by atoms with Crippen molar-refractivity contribution in [1.29, 1.82) is 0 Å². The Balaban J connectivity index is 2.11. The van der Waals surface area contributed by atoms with Gasteiger partial charge < -0.3 is 10.1 Å². The molecule has 2 aromatic rings. The molecule has 0 spiro atoms. The summed E-state index contributed by atoms with van der Waals surface area (Å²) in [6.45, 7) is 10.0. The first-order valence-corrected chi connectivity index (χ1v) is 11.4. The summed E-state index contributed by atoms with van der Waals surface area (Å²) >= 11 is 5.71. The van der Waals surface area contributed by atoms with E-state index in [4.69, 9.17) is 21.7 Å². The first-order valence-electron chi connectivity index (χ1n) is 9.31. The van der Waals surface area contributed by atoms with Crippen LogP contribution in [0.5, 0.6) is 0 Å². The normalized spacial score (nSPS) is 17.7. The Hall–Kier alpha value is -1.52. The summed E-state index contributed by atoms with van der Waals surface area (Å²) in [5.74, 6) is 0. The van der Waals surface area contributed by atoms with Crippen molar-refractivity contribution in [3.05, 3.63) is 60.7 Å². The number of rotatable bonds is 3. The molecule has 0 aliphatic carbocycles. The van der Waals surface area contributed by atoms with Gasteiger partial charge in [-0.1, -0.05) is 69.3 Å². The monoisotopic (exact) mass is 401 g/mol. The Morgan fingerprint density at radius 1 is 1.00 bits per heavy atom. The largest absolute Gasteiger partial charge is 0.379 e. The van der Waals surface area contributed by atoms with Crippen LogP contribution in [0, 0.1) is 0 Å². The van der Waals surface area contributed by atoms with Gasteiger partial charge in [-0.05, 0) is 24.4 Å². The molecule has 27 heavy (non-hydrogen) atoms. The molecule has 1 heterocycles. The predicted octanol–water partition coefficient (Wildman–Crippen LogP) is 4.96. The van der Waals surface area contributed by atoms with Gasteiger partial charge in [0.05, 0.1) is 20.4 Å². The van der Waals surface area contributed by atoms with Crippen LogP contribution in [0.25, 0.3) is 0 Å². The van der Waals surface area contributed by atoms with Crippen LogP contribution < -0.4 is 10.6 Å². The van der Waals surface area contributed by atoms with Gasteiger partial charge in [-0.3, -0.25) is 4.67 Å². The fraction of sp³-hybridized carbons (Fsp3) is 0.381. The van der Waals surface area contributed by atoms with Crippen LogP contribution in [0.4, 0.5) is 5.69 Å². The van der Waals surface area contributed by atoms with Crippen LogP contribution in [0.2, 0.25) is 0 Å². The van der Waals surface area contributed by atoms with Crippen LogP contribution >= 0.6 is 19.4 Å². The van der Waals surface area contributed by atoms with Crippen molar-refractivity contribution in [2.45, 2.75) is 25.9 Å². The molecule has 1 unspecified atom stereocenters. The number of hydrogen-bond acceptors (Lipinski definition) is 2. The minimum Gasteiger partial charge on any atom is -0.379 e. The van der Waals surface area contributed by atoms with Crippen molar-refractivity contribution in [2.75, 3.05) is 31.6 Å². The number of nitrogens with zero attached hydrogens (tertiary/aromatic N) is 2. The number of nitrogens with one attached hydrogen (secondary N) is 1. The van der Waals surface area contributed by atoms with Gasteiger partial charge in [0.1, 0.15) is 0 Å². The van der Waals surface area contributed by atoms with Gasteiger partial charge >= 0.3 is 0 Å². The van der Waals surface area contributed by atoms with Crippen molar-refractivity contribution in [3.8, 4) is 0 Å². The summed E-state index contributed by atoms with van der Waals surface area (Å²) in [5, 5.41) is 5.05. The number of ether oxygens (including phenoxy) is 1. The molecule has 1 aliphatic rings. The highest BCUT2D eigenvalue weighted by atomic mass is 32.1. The molecule has 3 rings (SSSR count). The van der Waals surface area contributed by atoms with Gasteiger partial charge in [-0.25, -0.2) is 4.74 Å². The van der Waals surface area contributed by atoms with Crippen molar-refractivity contribution in [3.63, 3.8) is 0 Å². The SMILES string of the molecule is CC(C)(C)P(=NC(=S)Nc1ccccc1)(c1ccccc1)N1CCOCC1. The number of para-hydroxylation sites is 1. The molecular weight excluding hydrogens is 373 g/mol. The quantitative estimate of drug-likeness (QED) is 0.583. The van der Waals surface area contributed by atoms with Crippen molar-refractivity contribution in [1.82, 2.24) is 4.67 Å². The van der Waals surface area contributed by atoms with Crippen LogP contribution in [0.15, 0.2) is 65.4 Å². The molecule has 0 amide bonds. The van der Waals surface area contributed by atoms with E-state index in [1.54, 1.807) is 0 Å². The van der Waals surface area contributed by atoms with E-state index in [1.807, 2.05) is 30.3 Å². The van der Waals surface area contributed by atoms with E-state index in [2.05, 4.69) is 61.1 Å². The second kappa shape index (κ2) is 8.66. The zero-order valence-electron chi connectivity index (χ0n) is 16.3. The maximum Gasteiger partial charge on any atom is 0.197 e. The lowest BCUT2D eigenvalue weighted by Gasteiger charge is -2.46. The molecule has 1 fully saturated rings. The minimum absolute atomic E-state index is 0.0614. The zero-order valence-corrected chi connectivity index (χ0v) is 18.0. The maximum atomic E-state index is 5.71. The molecule has 1 saturated heterocycles. The van der Waals surface area contributed by atoms with Gasteiger partial charge in [0.25, 0.3) is 0 Å². The Morgan fingerprint density at radius 3 is 2.11 bits per heavy atom. The van der Waals surface area contributed by atoms with Gasteiger partial charge in [0, 0.05) is 29.2 Å². The molecule has 0 saturated carbocycles. The summed E-state index contributed by atoms with van der Waals surface area (Å²) in [6.07, 6.45) is 0. The molecule has 1 N–H and O–H groups in total.